The number of rotatable bonds is 8. The SMILES string of the molecule is CC(C)c1ccccc1N(Cc1ccc(C(=O)NCC2=CCCCC2)cc1)S(C)(=O)=O. The molecular weight excluding hydrogens is 408 g/mol. The van der Waals surface area contributed by atoms with Crippen molar-refractivity contribution in [3.05, 3.63) is 76.9 Å². The predicted octanol–water partition coefficient (Wildman–Crippen LogP) is 5.01. The molecule has 1 aliphatic rings. The van der Waals surface area contributed by atoms with Crippen molar-refractivity contribution in [2.45, 2.75) is 52.0 Å². The second kappa shape index (κ2) is 10.1. The van der Waals surface area contributed by atoms with Gasteiger partial charge in [0.15, 0.2) is 0 Å². The first-order valence-electron chi connectivity index (χ1n) is 10.9. The van der Waals surface area contributed by atoms with E-state index in [2.05, 4.69) is 25.2 Å². The molecule has 0 spiro atoms. The van der Waals surface area contributed by atoms with Gasteiger partial charge < -0.3 is 5.32 Å². The standard InChI is InChI=1S/C25H32N2O3S/c1-19(2)23-11-7-8-12-24(23)27(31(3,29)30)18-21-13-15-22(16-14-21)25(28)26-17-20-9-5-4-6-10-20/h7-9,11-16,19H,4-6,10,17-18H2,1-3H3,(H,26,28). The van der Waals surface area contributed by atoms with E-state index in [0.717, 1.165) is 24.0 Å². The lowest BCUT2D eigenvalue weighted by Crippen LogP contribution is -2.30. The van der Waals surface area contributed by atoms with Gasteiger partial charge in [0.05, 0.1) is 18.5 Å². The third-order valence-corrected chi connectivity index (χ3v) is 6.76. The van der Waals surface area contributed by atoms with E-state index in [1.807, 2.05) is 36.4 Å². The summed E-state index contributed by atoms with van der Waals surface area (Å²) in [6, 6.07) is 14.8. The minimum absolute atomic E-state index is 0.108. The zero-order valence-corrected chi connectivity index (χ0v) is 19.4. The normalized spacial score (nSPS) is 14.3. The molecule has 3 rings (SSSR count). The summed E-state index contributed by atoms with van der Waals surface area (Å²) in [6.07, 6.45) is 8.01. The first-order chi connectivity index (χ1) is 14.8. The number of allylic oxidation sites excluding steroid dienone is 1. The van der Waals surface area contributed by atoms with Crippen LogP contribution in [0.15, 0.2) is 60.2 Å². The van der Waals surface area contributed by atoms with Crippen LogP contribution in [0.2, 0.25) is 0 Å². The average molecular weight is 441 g/mol. The minimum Gasteiger partial charge on any atom is -0.348 e. The smallest absolute Gasteiger partial charge is 0.251 e. The monoisotopic (exact) mass is 440 g/mol. The Hall–Kier alpha value is -2.60. The Labute approximate surface area is 186 Å². The molecule has 0 atom stereocenters. The number of amides is 1. The number of sulfonamides is 1. The average Bonchev–Trinajstić information content (AvgIpc) is 2.76. The van der Waals surface area contributed by atoms with Gasteiger partial charge in [0.25, 0.3) is 5.91 Å². The first kappa shape index (κ1) is 23.1. The van der Waals surface area contributed by atoms with E-state index in [9.17, 15) is 13.2 Å². The van der Waals surface area contributed by atoms with Crippen LogP contribution in [0.25, 0.3) is 0 Å². The van der Waals surface area contributed by atoms with Crippen molar-refractivity contribution in [2.24, 2.45) is 0 Å². The molecule has 0 fully saturated rings. The van der Waals surface area contributed by atoms with E-state index >= 15 is 0 Å². The van der Waals surface area contributed by atoms with E-state index < -0.39 is 10.0 Å². The highest BCUT2D eigenvalue weighted by Crippen LogP contribution is 2.30. The third kappa shape index (κ3) is 6.20. The van der Waals surface area contributed by atoms with Gasteiger partial charge in [-0.25, -0.2) is 8.42 Å². The molecule has 5 nitrogen and oxygen atoms in total. The molecular formula is C25H32N2O3S. The van der Waals surface area contributed by atoms with Crippen LogP contribution in [0.5, 0.6) is 0 Å². The number of nitrogens with one attached hydrogen (secondary N) is 1. The molecule has 0 bridgehead atoms. The fraction of sp³-hybridized carbons (Fsp3) is 0.400. The van der Waals surface area contributed by atoms with Crippen LogP contribution in [0, 0.1) is 0 Å². The summed E-state index contributed by atoms with van der Waals surface area (Å²) in [5.41, 5.74) is 4.39. The van der Waals surface area contributed by atoms with Crippen molar-refractivity contribution in [1.29, 1.82) is 0 Å². The van der Waals surface area contributed by atoms with Crippen LogP contribution in [-0.4, -0.2) is 27.1 Å². The summed E-state index contributed by atoms with van der Waals surface area (Å²) in [6.45, 7) is 4.91. The molecule has 0 unspecified atom stereocenters. The van der Waals surface area contributed by atoms with Crippen LogP contribution in [0.4, 0.5) is 5.69 Å². The lowest BCUT2D eigenvalue weighted by atomic mass is 9.99. The van der Waals surface area contributed by atoms with Crippen molar-refractivity contribution in [3.63, 3.8) is 0 Å². The molecule has 0 aromatic heterocycles. The molecule has 1 aliphatic carbocycles. The van der Waals surface area contributed by atoms with Crippen molar-refractivity contribution in [1.82, 2.24) is 5.32 Å². The fourth-order valence-corrected chi connectivity index (χ4v) is 4.78. The van der Waals surface area contributed by atoms with Gasteiger partial charge >= 0.3 is 0 Å². The van der Waals surface area contributed by atoms with Gasteiger partial charge in [0.2, 0.25) is 10.0 Å². The van der Waals surface area contributed by atoms with Crippen LogP contribution in [-0.2, 0) is 16.6 Å². The van der Waals surface area contributed by atoms with Crippen molar-refractivity contribution >= 4 is 21.6 Å². The topological polar surface area (TPSA) is 66.5 Å². The van der Waals surface area contributed by atoms with E-state index in [1.165, 1.54) is 29.0 Å². The maximum atomic E-state index is 12.6. The van der Waals surface area contributed by atoms with E-state index in [1.54, 1.807) is 12.1 Å². The Morgan fingerprint density at radius 3 is 2.39 bits per heavy atom. The maximum Gasteiger partial charge on any atom is 0.251 e. The molecule has 2 aromatic rings. The van der Waals surface area contributed by atoms with Crippen molar-refractivity contribution in [3.8, 4) is 0 Å². The van der Waals surface area contributed by atoms with Crippen molar-refractivity contribution in [2.75, 3.05) is 17.1 Å². The Balaban J connectivity index is 1.73. The zero-order chi connectivity index (χ0) is 22.4. The molecule has 0 saturated carbocycles. The summed E-state index contributed by atoms with van der Waals surface area (Å²) in [5, 5.41) is 2.99. The first-order valence-corrected chi connectivity index (χ1v) is 12.7. The summed E-state index contributed by atoms with van der Waals surface area (Å²) >= 11 is 0. The number of hydrogen-bond donors (Lipinski definition) is 1. The molecule has 31 heavy (non-hydrogen) atoms. The molecule has 1 N–H and O–H groups in total. The Morgan fingerprint density at radius 1 is 1.06 bits per heavy atom. The lowest BCUT2D eigenvalue weighted by molar-refractivity contribution is 0.0956. The van der Waals surface area contributed by atoms with Gasteiger partial charge in [0, 0.05) is 12.1 Å². The second-order valence-corrected chi connectivity index (χ2v) is 10.4. The number of benzene rings is 2. The molecule has 2 aromatic carbocycles. The van der Waals surface area contributed by atoms with Gasteiger partial charge in [-0.1, -0.05) is 55.8 Å². The Kier molecular flexibility index (Phi) is 7.55. The van der Waals surface area contributed by atoms with E-state index in [-0.39, 0.29) is 18.4 Å². The van der Waals surface area contributed by atoms with Crippen LogP contribution >= 0.6 is 0 Å². The van der Waals surface area contributed by atoms with Gasteiger partial charge in [-0.2, -0.15) is 0 Å². The fourth-order valence-electron chi connectivity index (χ4n) is 3.87. The molecule has 1 amide bonds. The molecule has 0 aliphatic heterocycles. The molecule has 0 heterocycles. The predicted molar refractivity (Wildman–Crippen MR) is 127 cm³/mol. The Morgan fingerprint density at radius 2 is 1.77 bits per heavy atom. The summed E-state index contributed by atoms with van der Waals surface area (Å²) < 4.78 is 26.6. The van der Waals surface area contributed by atoms with E-state index in [4.69, 9.17) is 0 Å². The maximum absolute atomic E-state index is 12.6. The number of para-hydroxylation sites is 1. The van der Waals surface area contributed by atoms with Crippen LogP contribution in [0.3, 0.4) is 0 Å². The van der Waals surface area contributed by atoms with Gasteiger partial charge in [0.1, 0.15) is 0 Å². The Bertz CT molecular complexity index is 1040. The number of hydrogen-bond acceptors (Lipinski definition) is 3. The van der Waals surface area contributed by atoms with Gasteiger partial charge in [-0.15, -0.1) is 0 Å². The quantitative estimate of drug-likeness (QED) is 0.587. The molecule has 0 saturated heterocycles. The summed E-state index contributed by atoms with van der Waals surface area (Å²) in [7, 11) is -3.47. The lowest BCUT2D eigenvalue weighted by Gasteiger charge is -2.26. The molecule has 166 valence electrons. The number of carbonyl (C=O) groups excluding carboxylic acids is 1. The van der Waals surface area contributed by atoms with E-state index in [0.29, 0.717) is 17.8 Å². The van der Waals surface area contributed by atoms with Gasteiger partial charge in [-0.3, -0.25) is 9.10 Å². The number of nitrogens with zero attached hydrogens (tertiary/aromatic N) is 1. The third-order valence-electron chi connectivity index (χ3n) is 5.63. The number of carbonyl (C=O) groups is 1. The molecule has 6 heteroatoms. The van der Waals surface area contributed by atoms with Crippen LogP contribution in [0.1, 0.15) is 66.9 Å². The number of anilines is 1. The van der Waals surface area contributed by atoms with Crippen molar-refractivity contribution < 1.29 is 13.2 Å². The highest BCUT2D eigenvalue weighted by atomic mass is 32.2. The van der Waals surface area contributed by atoms with Crippen LogP contribution < -0.4 is 9.62 Å². The highest BCUT2D eigenvalue weighted by Gasteiger charge is 2.21. The van der Waals surface area contributed by atoms with Gasteiger partial charge in [-0.05, 0) is 60.9 Å². The minimum atomic E-state index is -3.47. The largest absolute Gasteiger partial charge is 0.348 e. The summed E-state index contributed by atoms with van der Waals surface area (Å²) in [5.74, 6) is 0.0916. The zero-order valence-electron chi connectivity index (χ0n) is 18.6. The second-order valence-electron chi connectivity index (χ2n) is 8.47. The summed E-state index contributed by atoms with van der Waals surface area (Å²) in [4.78, 5) is 12.5. The highest BCUT2D eigenvalue weighted by molar-refractivity contribution is 7.92. The molecule has 0 radical (unpaired) electrons.